The van der Waals surface area contributed by atoms with Gasteiger partial charge in [0.25, 0.3) is 0 Å². The zero-order chi connectivity index (χ0) is 13.0. The molecule has 100 valence electrons. The van der Waals surface area contributed by atoms with E-state index in [2.05, 4.69) is 31.9 Å². The first-order chi connectivity index (χ1) is 8.72. The van der Waals surface area contributed by atoms with Crippen molar-refractivity contribution in [2.24, 2.45) is 0 Å². The maximum absolute atomic E-state index is 5.31. The summed E-state index contributed by atoms with van der Waals surface area (Å²) in [5.41, 5.74) is 2.15. The predicted octanol–water partition coefficient (Wildman–Crippen LogP) is 3.15. The van der Waals surface area contributed by atoms with E-state index in [1.807, 2.05) is 13.0 Å². The van der Waals surface area contributed by atoms with Crippen LogP contribution in [-0.2, 0) is 6.54 Å². The molecule has 0 radical (unpaired) electrons. The van der Waals surface area contributed by atoms with Crippen LogP contribution in [0.2, 0.25) is 0 Å². The van der Waals surface area contributed by atoms with E-state index in [-0.39, 0.29) is 0 Å². The molecule has 1 atom stereocenters. The third kappa shape index (κ3) is 3.45. The molecular formula is C14H21BrN2O. The second-order valence-corrected chi connectivity index (χ2v) is 5.68. The topological polar surface area (TPSA) is 25.4 Å². The molecule has 0 N–H and O–H groups in total. The van der Waals surface area contributed by atoms with E-state index in [9.17, 15) is 0 Å². The van der Waals surface area contributed by atoms with Crippen molar-refractivity contribution in [2.75, 3.05) is 19.0 Å². The Balaban J connectivity index is 2.06. The molecule has 1 aliphatic heterocycles. The Bertz CT molecular complexity index is 397. The Hall–Kier alpha value is -0.610. The van der Waals surface area contributed by atoms with E-state index in [1.54, 1.807) is 7.11 Å². The molecular weight excluding hydrogens is 292 g/mol. The van der Waals surface area contributed by atoms with Crippen LogP contribution in [0, 0.1) is 6.92 Å². The lowest BCUT2D eigenvalue weighted by molar-refractivity contribution is 0.238. The van der Waals surface area contributed by atoms with Crippen molar-refractivity contribution in [3.63, 3.8) is 0 Å². The fraction of sp³-hybridized carbons (Fsp3) is 0.643. The molecule has 1 aromatic rings. The van der Waals surface area contributed by atoms with Gasteiger partial charge in [-0.25, -0.2) is 0 Å². The number of ether oxygens (including phenoxy) is 1. The molecule has 4 heteroatoms. The summed E-state index contributed by atoms with van der Waals surface area (Å²) >= 11 is 3.54. The Morgan fingerprint density at radius 2 is 2.33 bits per heavy atom. The lowest BCUT2D eigenvalue weighted by Gasteiger charge is -2.23. The van der Waals surface area contributed by atoms with Crippen molar-refractivity contribution in [1.82, 2.24) is 9.88 Å². The van der Waals surface area contributed by atoms with Crippen molar-refractivity contribution >= 4 is 15.9 Å². The number of hydrogen-bond donors (Lipinski definition) is 0. The number of likely N-dealkylation sites (tertiary alicyclic amines) is 1. The minimum Gasteiger partial charge on any atom is -0.497 e. The molecule has 2 heterocycles. The van der Waals surface area contributed by atoms with Crippen LogP contribution in [0.25, 0.3) is 0 Å². The van der Waals surface area contributed by atoms with Gasteiger partial charge in [0.05, 0.1) is 12.8 Å². The zero-order valence-electron chi connectivity index (χ0n) is 11.2. The van der Waals surface area contributed by atoms with E-state index < -0.39 is 0 Å². The van der Waals surface area contributed by atoms with Gasteiger partial charge in [0, 0.05) is 35.7 Å². The summed E-state index contributed by atoms with van der Waals surface area (Å²) in [6, 6.07) is 4.73. The maximum Gasteiger partial charge on any atom is 0.122 e. The summed E-state index contributed by atoms with van der Waals surface area (Å²) in [6.45, 7) is 4.15. The quantitative estimate of drug-likeness (QED) is 0.781. The number of alkyl halides is 1. The highest BCUT2D eigenvalue weighted by Crippen LogP contribution is 2.24. The summed E-state index contributed by atoms with van der Waals surface area (Å²) in [7, 11) is 1.71. The first kappa shape index (κ1) is 13.8. The summed E-state index contributed by atoms with van der Waals surface area (Å²) in [6.07, 6.45) is 3.85. The molecule has 1 saturated heterocycles. The van der Waals surface area contributed by atoms with Crippen molar-refractivity contribution in [2.45, 2.75) is 38.8 Å². The lowest BCUT2D eigenvalue weighted by Crippen LogP contribution is -2.29. The maximum atomic E-state index is 5.31. The van der Waals surface area contributed by atoms with Crippen LogP contribution in [0.3, 0.4) is 0 Å². The van der Waals surface area contributed by atoms with Gasteiger partial charge >= 0.3 is 0 Å². The zero-order valence-corrected chi connectivity index (χ0v) is 12.7. The molecule has 2 rings (SSSR count). The molecule has 18 heavy (non-hydrogen) atoms. The van der Waals surface area contributed by atoms with Crippen molar-refractivity contribution in [3.8, 4) is 5.75 Å². The number of pyridine rings is 1. The molecule has 0 bridgehead atoms. The van der Waals surface area contributed by atoms with E-state index in [1.165, 1.54) is 25.8 Å². The number of hydrogen-bond acceptors (Lipinski definition) is 3. The number of aryl methyl sites for hydroxylation is 1. The Morgan fingerprint density at radius 1 is 1.50 bits per heavy atom. The monoisotopic (exact) mass is 312 g/mol. The first-order valence-electron chi connectivity index (χ1n) is 6.54. The smallest absolute Gasteiger partial charge is 0.122 e. The van der Waals surface area contributed by atoms with Gasteiger partial charge in [0.15, 0.2) is 0 Å². The molecule has 0 spiro atoms. The average molecular weight is 313 g/mol. The second kappa shape index (κ2) is 6.53. The standard InChI is InChI=1S/C14H21BrN2O/c1-11-8-14(18-2)9-12(16-11)10-17-7-3-4-13(17)5-6-15/h8-9,13H,3-7,10H2,1-2H3. The van der Waals surface area contributed by atoms with Crippen LogP contribution in [0.15, 0.2) is 12.1 Å². The highest BCUT2D eigenvalue weighted by Gasteiger charge is 2.24. The predicted molar refractivity (Wildman–Crippen MR) is 77.4 cm³/mol. The van der Waals surface area contributed by atoms with E-state index >= 15 is 0 Å². The molecule has 0 saturated carbocycles. The number of nitrogens with zero attached hydrogens (tertiary/aromatic N) is 2. The fourth-order valence-corrected chi connectivity index (χ4v) is 3.19. The van der Waals surface area contributed by atoms with Crippen LogP contribution in [0.5, 0.6) is 5.75 Å². The summed E-state index contributed by atoms with van der Waals surface area (Å²) < 4.78 is 5.31. The Kier molecular flexibility index (Phi) is 5.01. The van der Waals surface area contributed by atoms with E-state index in [4.69, 9.17) is 4.74 Å². The SMILES string of the molecule is COc1cc(C)nc(CN2CCCC2CCBr)c1. The number of halogens is 1. The normalized spacial score (nSPS) is 20.3. The minimum absolute atomic E-state index is 0.706. The molecule has 3 nitrogen and oxygen atoms in total. The number of aromatic nitrogens is 1. The molecule has 1 aliphatic rings. The highest BCUT2D eigenvalue weighted by atomic mass is 79.9. The van der Waals surface area contributed by atoms with Crippen molar-refractivity contribution < 1.29 is 4.74 Å². The largest absolute Gasteiger partial charge is 0.497 e. The number of rotatable bonds is 5. The lowest BCUT2D eigenvalue weighted by atomic mass is 10.1. The molecule has 0 aromatic carbocycles. The second-order valence-electron chi connectivity index (χ2n) is 4.88. The van der Waals surface area contributed by atoms with Gasteiger partial charge in [-0.2, -0.15) is 0 Å². The Morgan fingerprint density at radius 3 is 3.06 bits per heavy atom. The number of methoxy groups -OCH3 is 1. The van der Waals surface area contributed by atoms with Crippen molar-refractivity contribution in [1.29, 1.82) is 0 Å². The van der Waals surface area contributed by atoms with Crippen LogP contribution in [0.1, 0.15) is 30.7 Å². The van der Waals surface area contributed by atoms with Gasteiger partial charge < -0.3 is 4.74 Å². The van der Waals surface area contributed by atoms with Crippen LogP contribution < -0.4 is 4.74 Å². The van der Waals surface area contributed by atoms with E-state index in [0.29, 0.717) is 6.04 Å². The summed E-state index contributed by atoms with van der Waals surface area (Å²) in [4.78, 5) is 7.15. The molecule has 0 amide bonds. The van der Waals surface area contributed by atoms with Gasteiger partial charge in [0.1, 0.15) is 5.75 Å². The fourth-order valence-electron chi connectivity index (χ4n) is 2.67. The first-order valence-corrected chi connectivity index (χ1v) is 7.66. The average Bonchev–Trinajstić information content (AvgIpc) is 2.76. The van der Waals surface area contributed by atoms with Gasteiger partial charge in [-0.3, -0.25) is 9.88 Å². The molecule has 1 aromatic heterocycles. The van der Waals surface area contributed by atoms with Gasteiger partial charge in [-0.15, -0.1) is 0 Å². The third-order valence-corrected chi connectivity index (χ3v) is 3.98. The third-order valence-electron chi connectivity index (χ3n) is 3.52. The molecule has 1 unspecified atom stereocenters. The van der Waals surface area contributed by atoms with Crippen LogP contribution >= 0.6 is 15.9 Å². The Labute approximate surface area is 118 Å². The summed E-state index contributed by atoms with van der Waals surface area (Å²) in [5.74, 6) is 0.911. The van der Waals surface area contributed by atoms with Gasteiger partial charge in [-0.05, 0) is 32.7 Å². The van der Waals surface area contributed by atoms with Gasteiger partial charge in [0.2, 0.25) is 0 Å². The highest BCUT2D eigenvalue weighted by molar-refractivity contribution is 9.09. The van der Waals surface area contributed by atoms with Crippen LogP contribution in [-0.4, -0.2) is 34.9 Å². The molecule has 0 aliphatic carbocycles. The van der Waals surface area contributed by atoms with E-state index in [0.717, 1.165) is 29.0 Å². The summed E-state index contributed by atoms with van der Waals surface area (Å²) in [5, 5.41) is 1.08. The van der Waals surface area contributed by atoms with Crippen molar-refractivity contribution in [3.05, 3.63) is 23.5 Å². The molecule has 1 fully saturated rings. The minimum atomic E-state index is 0.706. The van der Waals surface area contributed by atoms with Gasteiger partial charge in [-0.1, -0.05) is 15.9 Å². The van der Waals surface area contributed by atoms with Crippen LogP contribution in [0.4, 0.5) is 0 Å².